The molecule has 21 heavy (non-hydrogen) atoms. The molecular weight excluding hydrogens is 270 g/mol. The van der Waals surface area contributed by atoms with E-state index in [2.05, 4.69) is 4.98 Å². The molecule has 1 aromatic carbocycles. The first kappa shape index (κ1) is 14.8. The zero-order chi connectivity index (χ0) is 15.2. The van der Waals surface area contributed by atoms with Gasteiger partial charge in [0.1, 0.15) is 6.04 Å². The monoisotopic (exact) mass is 287 g/mol. The number of carbonyl (C=O) groups is 2. The molecule has 2 aromatic rings. The third kappa shape index (κ3) is 3.92. The lowest BCUT2D eigenvalue weighted by Crippen LogP contribution is -2.41. The molecule has 0 aliphatic carbocycles. The van der Waals surface area contributed by atoms with Crippen LogP contribution >= 0.6 is 0 Å². The molecule has 0 spiro atoms. The van der Waals surface area contributed by atoms with Crippen molar-refractivity contribution in [2.75, 3.05) is 0 Å². The SMILES string of the molecule is Cn1cnc(C[C@@H](C(=O)O)N(C=O)Cc2ccccc2)c1. The van der Waals surface area contributed by atoms with Crippen molar-refractivity contribution in [1.82, 2.24) is 14.5 Å². The van der Waals surface area contributed by atoms with Crippen molar-refractivity contribution in [3.8, 4) is 0 Å². The molecule has 0 radical (unpaired) electrons. The average molecular weight is 287 g/mol. The second-order valence-electron chi connectivity index (χ2n) is 4.85. The number of nitrogens with zero attached hydrogens (tertiary/aromatic N) is 3. The van der Waals surface area contributed by atoms with E-state index in [1.165, 1.54) is 4.90 Å². The minimum Gasteiger partial charge on any atom is -0.480 e. The van der Waals surface area contributed by atoms with Gasteiger partial charge in [-0.3, -0.25) is 4.79 Å². The molecule has 0 bridgehead atoms. The van der Waals surface area contributed by atoms with Gasteiger partial charge in [0.15, 0.2) is 0 Å². The molecule has 1 amide bonds. The number of aryl methyl sites for hydroxylation is 1. The lowest BCUT2D eigenvalue weighted by atomic mass is 10.1. The van der Waals surface area contributed by atoms with E-state index in [1.54, 1.807) is 17.1 Å². The number of aromatic nitrogens is 2. The van der Waals surface area contributed by atoms with Crippen LogP contribution in [0.2, 0.25) is 0 Å². The summed E-state index contributed by atoms with van der Waals surface area (Å²) in [6.45, 7) is 0.258. The Morgan fingerprint density at radius 2 is 2.14 bits per heavy atom. The molecule has 0 unspecified atom stereocenters. The Balaban J connectivity index is 2.14. The molecule has 1 atom stereocenters. The van der Waals surface area contributed by atoms with Crippen LogP contribution in [0.15, 0.2) is 42.9 Å². The first-order valence-corrected chi connectivity index (χ1v) is 6.54. The van der Waals surface area contributed by atoms with Gasteiger partial charge in [-0.2, -0.15) is 0 Å². The summed E-state index contributed by atoms with van der Waals surface area (Å²) in [6, 6.07) is 8.36. The largest absolute Gasteiger partial charge is 0.480 e. The van der Waals surface area contributed by atoms with Crippen LogP contribution < -0.4 is 0 Å². The van der Waals surface area contributed by atoms with Gasteiger partial charge < -0.3 is 14.6 Å². The first-order chi connectivity index (χ1) is 10.1. The Bertz CT molecular complexity index is 610. The van der Waals surface area contributed by atoms with E-state index in [9.17, 15) is 14.7 Å². The smallest absolute Gasteiger partial charge is 0.326 e. The van der Waals surface area contributed by atoms with Crippen molar-refractivity contribution in [3.05, 3.63) is 54.1 Å². The number of aliphatic carboxylic acids is 1. The molecule has 2 rings (SSSR count). The number of carboxylic acids is 1. The Kier molecular flexibility index (Phi) is 4.71. The van der Waals surface area contributed by atoms with E-state index in [1.807, 2.05) is 37.4 Å². The molecule has 6 nitrogen and oxygen atoms in total. The first-order valence-electron chi connectivity index (χ1n) is 6.54. The maximum atomic E-state index is 11.5. The zero-order valence-corrected chi connectivity index (χ0v) is 11.7. The number of hydrogen-bond donors (Lipinski definition) is 1. The predicted octanol–water partition coefficient (Wildman–Crippen LogP) is 1.07. The van der Waals surface area contributed by atoms with Crippen LogP contribution in [-0.4, -0.2) is 38.0 Å². The summed E-state index contributed by atoms with van der Waals surface area (Å²) in [6.07, 6.45) is 4.12. The van der Waals surface area contributed by atoms with Crippen LogP contribution in [0.5, 0.6) is 0 Å². The zero-order valence-electron chi connectivity index (χ0n) is 11.7. The van der Waals surface area contributed by atoms with Crippen molar-refractivity contribution in [2.45, 2.75) is 19.0 Å². The Hall–Kier alpha value is -2.63. The molecule has 0 aliphatic heterocycles. The molecule has 1 N–H and O–H groups in total. The van der Waals surface area contributed by atoms with Crippen LogP contribution in [0.1, 0.15) is 11.3 Å². The van der Waals surface area contributed by atoms with Gasteiger partial charge in [-0.25, -0.2) is 9.78 Å². The highest BCUT2D eigenvalue weighted by atomic mass is 16.4. The quantitative estimate of drug-likeness (QED) is 0.773. The fourth-order valence-corrected chi connectivity index (χ4v) is 2.13. The van der Waals surface area contributed by atoms with E-state index in [4.69, 9.17) is 0 Å². The number of hydrogen-bond acceptors (Lipinski definition) is 3. The van der Waals surface area contributed by atoms with Crippen molar-refractivity contribution in [2.24, 2.45) is 7.05 Å². The highest BCUT2D eigenvalue weighted by Gasteiger charge is 2.25. The average Bonchev–Trinajstić information content (AvgIpc) is 2.89. The minimum absolute atomic E-state index is 0.182. The van der Waals surface area contributed by atoms with E-state index in [-0.39, 0.29) is 13.0 Å². The van der Waals surface area contributed by atoms with Gasteiger partial charge in [0.05, 0.1) is 12.0 Å². The van der Waals surface area contributed by atoms with Gasteiger partial charge in [0.2, 0.25) is 6.41 Å². The standard InChI is InChI=1S/C15H17N3O3/c1-17-9-13(16-10-17)7-14(15(20)21)18(11-19)8-12-5-3-2-4-6-12/h2-6,9-11,14H,7-8H2,1H3,(H,20,21)/t14-/m0/s1. The minimum atomic E-state index is -1.04. The number of benzene rings is 1. The van der Waals surface area contributed by atoms with E-state index < -0.39 is 12.0 Å². The van der Waals surface area contributed by atoms with Gasteiger partial charge in [-0.15, -0.1) is 0 Å². The third-order valence-electron chi connectivity index (χ3n) is 3.19. The Morgan fingerprint density at radius 3 is 2.67 bits per heavy atom. The molecule has 6 heteroatoms. The summed E-state index contributed by atoms with van der Waals surface area (Å²) in [5.41, 5.74) is 1.53. The maximum Gasteiger partial charge on any atom is 0.326 e. The fraction of sp³-hybridized carbons (Fsp3) is 0.267. The molecular formula is C15H17N3O3. The number of carboxylic acid groups (broad SMARTS) is 1. The normalized spacial score (nSPS) is 11.9. The Labute approximate surface area is 122 Å². The second kappa shape index (κ2) is 6.69. The van der Waals surface area contributed by atoms with Crippen molar-refractivity contribution < 1.29 is 14.7 Å². The lowest BCUT2D eigenvalue weighted by Gasteiger charge is -2.24. The molecule has 110 valence electrons. The molecule has 1 aromatic heterocycles. The maximum absolute atomic E-state index is 11.5. The topological polar surface area (TPSA) is 75.4 Å². The molecule has 0 saturated carbocycles. The summed E-state index contributed by atoms with van der Waals surface area (Å²) in [7, 11) is 1.81. The van der Waals surface area contributed by atoms with Crippen LogP contribution in [0, 0.1) is 0 Å². The van der Waals surface area contributed by atoms with Gasteiger partial charge in [0.25, 0.3) is 0 Å². The van der Waals surface area contributed by atoms with Gasteiger partial charge in [-0.1, -0.05) is 30.3 Å². The summed E-state index contributed by atoms with van der Waals surface area (Å²) in [5, 5.41) is 9.39. The molecule has 0 aliphatic rings. The summed E-state index contributed by atoms with van der Waals surface area (Å²) < 4.78 is 1.75. The number of amides is 1. The highest BCUT2D eigenvalue weighted by molar-refractivity contribution is 5.76. The second-order valence-corrected chi connectivity index (χ2v) is 4.85. The summed E-state index contributed by atoms with van der Waals surface area (Å²) in [5.74, 6) is -1.04. The van der Waals surface area contributed by atoms with Crippen LogP contribution in [0.3, 0.4) is 0 Å². The fourth-order valence-electron chi connectivity index (χ4n) is 2.13. The number of carbonyl (C=O) groups excluding carboxylic acids is 1. The van der Waals surface area contributed by atoms with Crippen molar-refractivity contribution in [3.63, 3.8) is 0 Å². The molecule has 0 fully saturated rings. The van der Waals surface area contributed by atoms with Crippen molar-refractivity contribution in [1.29, 1.82) is 0 Å². The van der Waals surface area contributed by atoms with Crippen LogP contribution in [0.25, 0.3) is 0 Å². The van der Waals surface area contributed by atoms with Gasteiger partial charge in [0, 0.05) is 26.2 Å². The highest BCUT2D eigenvalue weighted by Crippen LogP contribution is 2.11. The number of rotatable bonds is 7. The van der Waals surface area contributed by atoms with Crippen molar-refractivity contribution >= 4 is 12.4 Å². The van der Waals surface area contributed by atoms with Gasteiger partial charge >= 0.3 is 5.97 Å². The summed E-state index contributed by atoms with van der Waals surface area (Å²) >= 11 is 0. The van der Waals surface area contributed by atoms with E-state index in [0.29, 0.717) is 12.1 Å². The third-order valence-corrected chi connectivity index (χ3v) is 3.19. The van der Waals surface area contributed by atoms with E-state index >= 15 is 0 Å². The lowest BCUT2D eigenvalue weighted by molar-refractivity contribution is -0.146. The van der Waals surface area contributed by atoms with Gasteiger partial charge in [-0.05, 0) is 5.56 Å². The molecule has 0 saturated heterocycles. The predicted molar refractivity (Wildman–Crippen MR) is 76.4 cm³/mol. The molecule has 1 heterocycles. The van der Waals surface area contributed by atoms with Crippen LogP contribution in [-0.2, 0) is 29.6 Å². The van der Waals surface area contributed by atoms with Crippen LogP contribution in [0.4, 0.5) is 0 Å². The summed E-state index contributed by atoms with van der Waals surface area (Å²) in [4.78, 5) is 28.2. The van der Waals surface area contributed by atoms with E-state index in [0.717, 1.165) is 5.56 Å². The Morgan fingerprint density at radius 1 is 1.43 bits per heavy atom. The number of imidazole rings is 1.